The zero-order valence-electron chi connectivity index (χ0n) is 17.4. The number of likely N-dealkylation sites (tertiary alicyclic amines) is 2. The van der Waals surface area contributed by atoms with Gasteiger partial charge in [-0.15, -0.1) is 0 Å². The Bertz CT molecular complexity index is 614. The van der Waals surface area contributed by atoms with Crippen molar-refractivity contribution >= 4 is 5.91 Å². The quantitative estimate of drug-likeness (QED) is 0.747. The van der Waals surface area contributed by atoms with Gasteiger partial charge in [-0.2, -0.15) is 0 Å². The zero-order valence-corrected chi connectivity index (χ0v) is 17.4. The molecule has 0 radical (unpaired) electrons. The summed E-state index contributed by atoms with van der Waals surface area (Å²) >= 11 is 0. The minimum Gasteiger partial charge on any atom is -0.396 e. The van der Waals surface area contributed by atoms with Crippen LogP contribution in [-0.4, -0.2) is 71.2 Å². The second kappa shape index (κ2) is 9.81. The van der Waals surface area contributed by atoms with Gasteiger partial charge in [0.2, 0.25) is 5.91 Å². The van der Waals surface area contributed by atoms with Gasteiger partial charge < -0.3 is 10.4 Å². The van der Waals surface area contributed by atoms with Crippen LogP contribution < -0.4 is 5.32 Å². The van der Waals surface area contributed by atoms with Crippen molar-refractivity contribution in [1.82, 2.24) is 20.1 Å². The SMILES string of the molecule is CC(C)(CO)CNC(=O)[C@@H]1CCCN(C2CCN(Cc3cccnc3)CC2)C1. The second-order valence-electron chi connectivity index (χ2n) is 9.24. The average Bonchev–Trinajstić information content (AvgIpc) is 2.73. The summed E-state index contributed by atoms with van der Waals surface area (Å²) in [6.45, 7) is 9.74. The fourth-order valence-corrected chi connectivity index (χ4v) is 4.27. The molecule has 0 aliphatic carbocycles. The standard InChI is InChI=1S/C22H36N4O2/c1-22(2,17-27)16-24-21(28)19-6-4-10-26(15-19)20-7-11-25(12-8-20)14-18-5-3-9-23-13-18/h3,5,9,13,19-20,27H,4,6-8,10-12,14-17H2,1-2H3,(H,24,28)/t19-/m1/s1. The summed E-state index contributed by atoms with van der Waals surface area (Å²) in [4.78, 5) is 21.9. The fourth-order valence-electron chi connectivity index (χ4n) is 4.27. The monoisotopic (exact) mass is 388 g/mol. The molecule has 1 atom stereocenters. The smallest absolute Gasteiger partial charge is 0.224 e. The molecule has 0 bridgehead atoms. The van der Waals surface area contributed by atoms with Gasteiger partial charge in [0.25, 0.3) is 0 Å². The Labute approximate surface area is 169 Å². The highest BCUT2D eigenvalue weighted by atomic mass is 16.3. The molecule has 2 aliphatic heterocycles. The molecule has 2 fully saturated rings. The van der Waals surface area contributed by atoms with Gasteiger partial charge in [-0.1, -0.05) is 19.9 Å². The number of amides is 1. The maximum Gasteiger partial charge on any atom is 0.224 e. The van der Waals surface area contributed by atoms with Gasteiger partial charge in [-0.25, -0.2) is 0 Å². The van der Waals surface area contributed by atoms with Crippen molar-refractivity contribution in [3.8, 4) is 0 Å². The van der Waals surface area contributed by atoms with Crippen LogP contribution in [0.4, 0.5) is 0 Å². The molecular weight excluding hydrogens is 352 g/mol. The summed E-state index contributed by atoms with van der Waals surface area (Å²) in [7, 11) is 0. The highest BCUT2D eigenvalue weighted by Crippen LogP contribution is 2.25. The van der Waals surface area contributed by atoms with Crippen molar-refractivity contribution in [2.45, 2.75) is 52.1 Å². The first-order chi connectivity index (χ1) is 13.5. The highest BCUT2D eigenvalue weighted by molar-refractivity contribution is 5.79. The number of hydrogen-bond acceptors (Lipinski definition) is 5. The molecule has 2 aliphatic rings. The van der Waals surface area contributed by atoms with Crippen LogP contribution in [-0.2, 0) is 11.3 Å². The number of pyridine rings is 1. The molecule has 6 nitrogen and oxygen atoms in total. The summed E-state index contributed by atoms with van der Waals surface area (Å²) in [5.41, 5.74) is 1.02. The van der Waals surface area contributed by atoms with Crippen LogP contribution in [0.25, 0.3) is 0 Å². The molecule has 1 aromatic rings. The van der Waals surface area contributed by atoms with Crippen LogP contribution in [0.1, 0.15) is 45.1 Å². The first-order valence-corrected chi connectivity index (χ1v) is 10.7. The molecule has 1 aromatic heterocycles. The third-order valence-corrected chi connectivity index (χ3v) is 6.20. The van der Waals surface area contributed by atoms with Crippen LogP contribution in [0.5, 0.6) is 0 Å². The molecule has 0 aromatic carbocycles. The van der Waals surface area contributed by atoms with E-state index in [2.05, 4.69) is 26.2 Å². The number of rotatable bonds is 7. The zero-order chi connectivity index (χ0) is 20.0. The maximum atomic E-state index is 12.6. The molecule has 3 heterocycles. The number of aliphatic hydroxyl groups is 1. The number of aliphatic hydroxyl groups excluding tert-OH is 1. The lowest BCUT2D eigenvalue weighted by Crippen LogP contribution is -2.51. The predicted octanol–water partition coefficient (Wildman–Crippen LogP) is 1.89. The summed E-state index contributed by atoms with van der Waals surface area (Å²) in [5.74, 6) is 0.233. The van der Waals surface area contributed by atoms with Gasteiger partial charge in [0, 0.05) is 50.1 Å². The van der Waals surface area contributed by atoms with E-state index in [9.17, 15) is 9.90 Å². The molecule has 6 heteroatoms. The third kappa shape index (κ3) is 6.00. The molecule has 28 heavy (non-hydrogen) atoms. The minimum absolute atomic E-state index is 0.0802. The van der Waals surface area contributed by atoms with Crippen molar-refractivity contribution in [2.24, 2.45) is 11.3 Å². The largest absolute Gasteiger partial charge is 0.396 e. The maximum absolute atomic E-state index is 12.6. The molecule has 2 N–H and O–H groups in total. The summed E-state index contributed by atoms with van der Waals surface area (Å²) in [6.07, 6.45) is 8.19. The van der Waals surface area contributed by atoms with Gasteiger partial charge in [0.1, 0.15) is 0 Å². The lowest BCUT2D eigenvalue weighted by molar-refractivity contribution is -0.127. The first-order valence-electron chi connectivity index (χ1n) is 10.7. The first kappa shape index (κ1) is 21.2. The molecule has 0 unspecified atom stereocenters. The lowest BCUT2D eigenvalue weighted by atomic mass is 9.91. The number of nitrogens with zero attached hydrogens (tertiary/aromatic N) is 3. The number of carbonyl (C=O) groups excluding carboxylic acids is 1. The topological polar surface area (TPSA) is 68.7 Å². The number of piperidine rings is 2. The van der Waals surface area contributed by atoms with Gasteiger partial charge in [-0.3, -0.25) is 19.6 Å². The van der Waals surface area contributed by atoms with Crippen LogP contribution in [0.2, 0.25) is 0 Å². The molecule has 1 amide bonds. The predicted molar refractivity (Wildman–Crippen MR) is 111 cm³/mol. The van der Waals surface area contributed by atoms with Crippen molar-refractivity contribution < 1.29 is 9.90 Å². The molecule has 3 rings (SSSR count). The summed E-state index contributed by atoms with van der Waals surface area (Å²) < 4.78 is 0. The van der Waals surface area contributed by atoms with E-state index in [1.807, 2.05) is 32.3 Å². The highest BCUT2D eigenvalue weighted by Gasteiger charge is 2.32. The minimum atomic E-state index is -0.259. The van der Waals surface area contributed by atoms with E-state index < -0.39 is 0 Å². The Kier molecular flexibility index (Phi) is 7.43. The molecule has 0 spiro atoms. The Morgan fingerprint density at radius 2 is 2.07 bits per heavy atom. The van der Waals surface area contributed by atoms with E-state index in [0.29, 0.717) is 12.6 Å². The van der Waals surface area contributed by atoms with Crippen LogP contribution in [0.3, 0.4) is 0 Å². The van der Waals surface area contributed by atoms with Gasteiger partial charge in [-0.05, 0) is 56.9 Å². The van der Waals surface area contributed by atoms with E-state index in [0.717, 1.165) is 45.6 Å². The van der Waals surface area contributed by atoms with Gasteiger partial charge >= 0.3 is 0 Å². The number of nitrogens with one attached hydrogen (secondary N) is 1. The Morgan fingerprint density at radius 3 is 2.75 bits per heavy atom. The van der Waals surface area contributed by atoms with E-state index in [4.69, 9.17) is 0 Å². The number of carbonyl (C=O) groups is 1. The van der Waals surface area contributed by atoms with Crippen molar-refractivity contribution in [3.05, 3.63) is 30.1 Å². The van der Waals surface area contributed by atoms with E-state index in [1.54, 1.807) is 0 Å². The van der Waals surface area contributed by atoms with Crippen molar-refractivity contribution in [2.75, 3.05) is 39.3 Å². The third-order valence-electron chi connectivity index (χ3n) is 6.20. The lowest BCUT2D eigenvalue weighted by Gasteiger charge is -2.42. The van der Waals surface area contributed by atoms with E-state index >= 15 is 0 Å². The fraction of sp³-hybridized carbons (Fsp3) is 0.727. The molecule has 156 valence electrons. The number of hydrogen-bond donors (Lipinski definition) is 2. The molecule has 2 saturated heterocycles. The van der Waals surface area contributed by atoms with E-state index in [-0.39, 0.29) is 23.8 Å². The van der Waals surface area contributed by atoms with Crippen molar-refractivity contribution in [3.63, 3.8) is 0 Å². The van der Waals surface area contributed by atoms with E-state index in [1.165, 1.54) is 18.4 Å². The van der Waals surface area contributed by atoms with Gasteiger partial charge in [0.05, 0.1) is 5.92 Å². The van der Waals surface area contributed by atoms with Crippen molar-refractivity contribution in [1.29, 1.82) is 0 Å². The number of aromatic nitrogens is 1. The van der Waals surface area contributed by atoms with Gasteiger partial charge in [0.15, 0.2) is 0 Å². The normalized spacial score (nSPS) is 22.9. The Balaban J connectivity index is 1.44. The van der Waals surface area contributed by atoms with Crippen LogP contribution >= 0.6 is 0 Å². The Hall–Kier alpha value is -1.50. The van der Waals surface area contributed by atoms with Crippen LogP contribution in [0, 0.1) is 11.3 Å². The second-order valence-corrected chi connectivity index (χ2v) is 9.24. The summed E-state index contributed by atoms with van der Waals surface area (Å²) in [6, 6.07) is 4.74. The van der Waals surface area contributed by atoms with Crippen LogP contribution in [0.15, 0.2) is 24.5 Å². The average molecular weight is 389 g/mol. The molecular formula is C22H36N4O2. The molecule has 0 saturated carbocycles. The Morgan fingerprint density at radius 1 is 1.29 bits per heavy atom. The summed E-state index contributed by atoms with van der Waals surface area (Å²) in [5, 5.41) is 12.4.